The maximum Gasteiger partial charge on any atom is 0.349 e. The minimum atomic E-state index is -1.02. The molecule has 0 fully saturated rings. The number of ether oxygens (including phenoxy) is 4. The maximum atomic E-state index is 11.5. The van der Waals surface area contributed by atoms with Gasteiger partial charge in [-0.3, -0.25) is 0 Å². The van der Waals surface area contributed by atoms with Crippen molar-refractivity contribution < 1.29 is 28.8 Å². The molecule has 0 radical (unpaired) electrons. The number of aromatic carboxylic acids is 1. The standard InChI is InChI=1S/C22H23N3O6S/c1-3-29-18-11-19(32-21(18)22(26)27)14-9-20(25-12-24-14)23-5-4-13-8-16-17(10-15(13)28-2)31-7-6-30-16/h8-12H,3-7H2,1-2H3,(H,26,27)(H,23,24,25). The first-order valence-electron chi connectivity index (χ1n) is 10.1. The molecule has 32 heavy (non-hydrogen) atoms. The summed E-state index contributed by atoms with van der Waals surface area (Å²) in [4.78, 5) is 20.9. The third-order valence-corrected chi connectivity index (χ3v) is 5.88. The number of hydrogen-bond donors (Lipinski definition) is 2. The molecule has 9 nitrogen and oxygen atoms in total. The van der Waals surface area contributed by atoms with Crippen LogP contribution in [0, 0.1) is 0 Å². The Bertz CT molecular complexity index is 1120. The Kier molecular flexibility index (Phi) is 6.60. The first-order valence-corrected chi connectivity index (χ1v) is 10.9. The molecular formula is C22H23N3O6S. The summed E-state index contributed by atoms with van der Waals surface area (Å²) in [5.41, 5.74) is 1.61. The van der Waals surface area contributed by atoms with E-state index in [1.165, 1.54) is 6.33 Å². The lowest BCUT2D eigenvalue weighted by atomic mass is 10.1. The van der Waals surface area contributed by atoms with Gasteiger partial charge >= 0.3 is 5.97 Å². The Morgan fingerprint density at radius 3 is 2.66 bits per heavy atom. The van der Waals surface area contributed by atoms with Crippen LogP contribution in [0.15, 0.2) is 30.6 Å². The van der Waals surface area contributed by atoms with Gasteiger partial charge in [-0.05, 0) is 25.0 Å². The largest absolute Gasteiger partial charge is 0.496 e. The Morgan fingerprint density at radius 2 is 1.94 bits per heavy atom. The zero-order chi connectivity index (χ0) is 22.5. The molecule has 0 spiro atoms. The topological polar surface area (TPSA) is 112 Å². The number of carbonyl (C=O) groups is 1. The van der Waals surface area contributed by atoms with E-state index in [9.17, 15) is 9.90 Å². The van der Waals surface area contributed by atoms with Gasteiger partial charge in [-0.2, -0.15) is 0 Å². The van der Waals surface area contributed by atoms with E-state index < -0.39 is 5.97 Å². The maximum absolute atomic E-state index is 11.5. The lowest BCUT2D eigenvalue weighted by molar-refractivity contribution is 0.0698. The Balaban J connectivity index is 1.46. The van der Waals surface area contributed by atoms with Crippen LogP contribution in [0.2, 0.25) is 0 Å². The zero-order valence-corrected chi connectivity index (χ0v) is 18.5. The van der Waals surface area contributed by atoms with Gasteiger partial charge < -0.3 is 29.4 Å². The van der Waals surface area contributed by atoms with Crippen LogP contribution in [0.25, 0.3) is 10.6 Å². The van der Waals surface area contributed by atoms with Gasteiger partial charge in [-0.1, -0.05) is 0 Å². The fourth-order valence-electron chi connectivity index (χ4n) is 3.32. The number of carboxylic acids is 1. The van der Waals surface area contributed by atoms with Gasteiger partial charge in [0.2, 0.25) is 0 Å². The Morgan fingerprint density at radius 1 is 1.16 bits per heavy atom. The number of thiophene rings is 1. The monoisotopic (exact) mass is 457 g/mol. The molecule has 10 heteroatoms. The number of fused-ring (bicyclic) bond motifs is 1. The molecule has 1 aliphatic rings. The fourth-order valence-corrected chi connectivity index (χ4v) is 4.23. The number of nitrogens with zero attached hydrogens (tertiary/aromatic N) is 2. The smallest absolute Gasteiger partial charge is 0.349 e. The van der Waals surface area contributed by atoms with Crippen LogP contribution >= 0.6 is 11.3 Å². The van der Waals surface area contributed by atoms with Gasteiger partial charge in [-0.25, -0.2) is 14.8 Å². The van der Waals surface area contributed by atoms with Crippen molar-refractivity contribution in [2.45, 2.75) is 13.3 Å². The molecule has 1 aliphatic heterocycles. The summed E-state index contributed by atoms with van der Waals surface area (Å²) in [5.74, 6) is 2.10. The summed E-state index contributed by atoms with van der Waals surface area (Å²) in [6.45, 7) is 3.85. The average molecular weight is 458 g/mol. The summed E-state index contributed by atoms with van der Waals surface area (Å²) >= 11 is 1.12. The number of anilines is 1. The molecule has 4 rings (SSSR count). The van der Waals surface area contributed by atoms with Crippen molar-refractivity contribution in [1.82, 2.24) is 9.97 Å². The van der Waals surface area contributed by atoms with Gasteiger partial charge in [0.05, 0.1) is 24.3 Å². The summed E-state index contributed by atoms with van der Waals surface area (Å²) in [5, 5.41) is 12.7. The summed E-state index contributed by atoms with van der Waals surface area (Å²) in [7, 11) is 1.63. The summed E-state index contributed by atoms with van der Waals surface area (Å²) < 4.78 is 22.2. The zero-order valence-electron chi connectivity index (χ0n) is 17.7. The fraction of sp³-hybridized carbons (Fsp3) is 0.318. The molecule has 3 heterocycles. The minimum absolute atomic E-state index is 0.153. The molecule has 2 N–H and O–H groups in total. The first-order chi connectivity index (χ1) is 15.6. The number of benzene rings is 1. The molecule has 1 aromatic carbocycles. The van der Waals surface area contributed by atoms with Crippen molar-refractivity contribution in [3.8, 4) is 33.6 Å². The molecule has 0 bridgehead atoms. The van der Waals surface area contributed by atoms with E-state index in [0.29, 0.717) is 66.4 Å². The molecule has 0 unspecified atom stereocenters. The van der Waals surface area contributed by atoms with Gasteiger partial charge in [0.15, 0.2) is 16.4 Å². The third-order valence-electron chi connectivity index (χ3n) is 4.76. The predicted octanol–water partition coefficient (Wildman–Crippen LogP) is 3.74. The van der Waals surface area contributed by atoms with E-state index >= 15 is 0 Å². The summed E-state index contributed by atoms with van der Waals surface area (Å²) in [6, 6.07) is 7.27. The van der Waals surface area contributed by atoms with E-state index in [1.54, 1.807) is 19.2 Å². The number of hydrogen-bond acceptors (Lipinski definition) is 9. The number of methoxy groups -OCH3 is 1. The molecule has 2 aromatic heterocycles. The molecule has 0 saturated heterocycles. The van der Waals surface area contributed by atoms with Gasteiger partial charge in [0.25, 0.3) is 0 Å². The van der Waals surface area contributed by atoms with Gasteiger partial charge in [0.1, 0.15) is 36.9 Å². The van der Waals surface area contributed by atoms with Crippen LogP contribution in [0.4, 0.5) is 5.82 Å². The average Bonchev–Trinajstić information content (AvgIpc) is 3.23. The lowest BCUT2D eigenvalue weighted by Crippen LogP contribution is -2.16. The van der Waals surface area contributed by atoms with Crippen molar-refractivity contribution >= 4 is 23.1 Å². The highest BCUT2D eigenvalue weighted by Gasteiger charge is 2.19. The van der Waals surface area contributed by atoms with E-state index in [2.05, 4.69) is 15.3 Å². The van der Waals surface area contributed by atoms with Crippen molar-refractivity contribution in [2.24, 2.45) is 0 Å². The van der Waals surface area contributed by atoms with Gasteiger partial charge in [0, 0.05) is 24.7 Å². The molecular weight excluding hydrogens is 434 g/mol. The highest BCUT2D eigenvalue weighted by Crippen LogP contribution is 2.37. The second kappa shape index (κ2) is 9.73. The van der Waals surface area contributed by atoms with Crippen LogP contribution < -0.4 is 24.3 Å². The number of carboxylic acid groups (broad SMARTS) is 1. The van der Waals surface area contributed by atoms with E-state index in [0.717, 1.165) is 22.6 Å². The van der Waals surface area contributed by atoms with E-state index in [1.807, 2.05) is 19.1 Å². The quantitative estimate of drug-likeness (QED) is 0.496. The van der Waals surface area contributed by atoms with Crippen molar-refractivity contribution in [3.05, 3.63) is 41.0 Å². The molecule has 0 amide bonds. The highest BCUT2D eigenvalue weighted by atomic mass is 32.1. The normalized spacial score (nSPS) is 12.3. The van der Waals surface area contributed by atoms with Crippen molar-refractivity contribution in [1.29, 1.82) is 0 Å². The highest BCUT2D eigenvalue weighted by molar-refractivity contribution is 7.17. The number of rotatable bonds is 9. The second-order valence-electron chi connectivity index (χ2n) is 6.82. The minimum Gasteiger partial charge on any atom is -0.496 e. The molecule has 0 saturated carbocycles. The Labute approximate surface area is 188 Å². The SMILES string of the molecule is CCOc1cc(-c2cc(NCCc3cc4c(cc3OC)OCCO4)ncn2)sc1C(=O)O. The third kappa shape index (κ3) is 4.70. The van der Waals surface area contributed by atoms with Crippen LogP contribution in [0.1, 0.15) is 22.2 Å². The lowest BCUT2D eigenvalue weighted by Gasteiger charge is -2.20. The van der Waals surface area contributed by atoms with E-state index in [4.69, 9.17) is 18.9 Å². The van der Waals surface area contributed by atoms with Crippen molar-refractivity contribution in [2.75, 3.05) is 38.8 Å². The second-order valence-corrected chi connectivity index (χ2v) is 7.87. The number of aromatic nitrogens is 2. The van der Waals surface area contributed by atoms with Crippen LogP contribution in [0.3, 0.4) is 0 Å². The Hall–Kier alpha value is -3.53. The van der Waals surface area contributed by atoms with Crippen LogP contribution in [0.5, 0.6) is 23.0 Å². The summed E-state index contributed by atoms with van der Waals surface area (Å²) in [6.07, 6.45) is 2.12. The van der Waals surface area contributed by atoms with Crippen molar-refractivity contribution in [3.63, 3.8) is 0 Å². The molecule has 3 aromatic rings. The van der Waals surface area contributed by atoms with E-state index in [-0.39, 0.29) is 4.88 Å². The molecule has 0 atom stereocenters. The van der Waals surface area contributed by atoms with Crippen LogP contribution in [-0.4, -0.2) is 54.5 Å². The van der Waals surface area contributed by atoms with Gasteiger partial charge in [-0.15, -0.1) is 11.3 Å². The number of nitrogens with one attached hydrogen (secondary N) is 1. The molecule has 168 valence electrons. The van der Waals surface area contributed by atoms with Crippen LogP contribution in [-0.2, 0) is 6.42 Å². The first kappa shape index (κ1) is 21.7. The molecule has 0 aliphatic carbocycles. The predicted molar refractivity (Wildman–Crippen MR) is 120 cm³/mol.